The van der Waals surface area contributed by atoms with Gasteiger partial charge in [0.05, 0.1) is 17.6 Å². The molecule has 29 heavy (non-hydrogen) atoms. The number of aromatic amines is 1. The molecule has 1 aliphatic carbocycles. The van der Waals surface area contributed by atoms with Crippen LogP contribution in [0.15, 0.2) is 6.33 Å². The van der Waals surface area contributed by atoms with E-state index in [2.05, 4.69) is 39.6 Å². The molecule has 2 amide bonds. The predicted octanol–water partition coefficient (Wildman–Crippen LogP) is 0.913. The fraction of sp³-hybridized carbons (Fsp3) is 0.762. The van der Waals surface area contributed by atoms with Gasteiger partial charge in [-0.05, 0) is 38.0 Å². The minimum atomic E-state index is -0.355. The summed E-state index contributed by atoms with van der Waals surface area (Å²) in [6, 6.07) is 0.171. The third-order valence-electron chi connectivity index (χ3n) is 7.39. The molecule has 8 nitrogen and oxygen atoms in total. The topological polar surface area (TPSA) is 93.4 Å². The second-order valence-corrected chi connectivity index (χ2v) is 9.53. The molecule has 0 bridgehead atoms. The number of carbonyl (C=O) groups excluding carboxylic acids is 2. The summed E-state index contributed by atoms with van der Waals surface area (Å²) < 4.78 is 0. The molecule has 4 aliphatic rings. The van der Waals surface area contributed by atoms with Gasteiger partial charge in [0.2, 0.25) is 11.8 Å². The van der Waals surface area contributed by atoms with E-state index in [1.54, 1.807) is 6.33 Å². The third-order valence-corrected chi connectivity index (χ3v) is 7.39. The molecular weight excluding hydrogens is 368 g/mol. The van der Waals surface area contributed by atoms with E-state index in [-0.39, 0.29) is 23.4 Å². The van der Waals surface area contributed by atoms with Crippen molar-refractivity contribution in [3.8, 4) is 0 Å². The van der Waals surface area contributed by atoms with Crippen LogP contribution >= 0.6 is 0 Å². The molecule has 1 aromatic rings. The van der Waals surface area contributed by atoms with Crippen LogP contribution in [0.3, 0.4) is 0 Å². The molecule has 8 heteroatoms. The smallest absolute Gasteiger partial charge is 0.241 e. The van der Waals surface area contributed by atoms with Crippen LogP contribution in [0.5, 0.6) is 0 Å². The van der Waals surface area contributed by atoms with Gasteiger partial charge in [-0.15, -0.1) is 0 Å². The van der Waals surface area contributed by atoms with Crippen molar-refractivity contribution < 1.29 is 9.59 Å². The lowest BCUT2D eigenvalue weighted by molar-refractivity contribution is -0.146. The van der Waals surface area contributed by atoms with E-state index in [0.29, 0.717) is 31.0 Å². The number of amides is 2. The number of carbonyl (C=O) groups is 2. The minimum absolute atomic E-state index is 0.159. The van der Waals surface area contributed by atoms with Crippen molar-refractivity contribution >= 4 is 11.8 Å². The van der Waals surface area contributed by atoms with Gasteiger partial charge in [-0.25, -0.2) is 10.4 Å². The maximum Gasteiger partial charge on any atom is 0.241 e. The molecule has 0 aromatic carbocycles. The molecule has 0 radical (unpaired) electrons. The van der Waals surface area contributed by atoms with E-state index < -0.39 is 0 Å². The Morgan fingerprint density at radius 1 is 1.14 bits per heavy atom. The lowest BCUT2D eigenvalue weighted by Crippen LogP contribution is -2.60. The first-order valence-electron chi connectivity index (χ1n) is 11.1. The number of nitrogens with one attached hydrogen (secondary N) is 3. The van der Waals surface area contributed by atoms with Gasteiger partial charge in [-0.2, -0.15) is 0 Å². The summed E-state index contributed by atoms with van der Waals surface area (Å²) in [6.45, 7) is 6.44. The van der Waals surface area contributed by atoms with Crippen LogP contribution in [0.2, 0.25) is 0 Å². The van der Waals surface area contributed by atoms with Crippen LogP contribution in [-0.2, 0) is 21.5 Å². The van der Waals surface area contributed by atoms with Gasteiger partial charge in [-0.1, -0.05) is 13.8 Å². The standard InChI is InChI=1S/C21H32N6O2/c1-13(2)16-11-17(25-24-16)20(29)26-9-6-21(7-10-26)18-15(22-12-23-18)5-8-27(21)19(28)14-3-4-14/h12-14,16-17,24-25H,3-11H2,1-2H3,(H,22,23). The summed E-state index contributed by atoms with van der Waals surface area (Å²) in [6.07, 6.45) is 6.99. The summed E-state index contributed by atoms with van der Waals surface area (Å²) in [5.74, 6) is 1.16. The highest BCUT2D eigenvalue weighted by Gasteiger charge is 2.51. The largest absolute Gasteiger partial charge is 0.348 e. The number of rotatable bonds is 3. The maximum atomic E-state index is 13.1. The first-order valence-corrected chi connectivity index (χ1v) is 11.1. The Kier molecular flexibility index (Phi) is 4.66. The quantitative estimate of drug-likeness (QED) is 0.701. The number of hydrazine groups is 1. The zero-order valence-electron chi connectivity index (χ0n) is 17.4. The Balaban J connectivity index is 1.32. The molecule has 2 atom stereocenters. The van der Waals surface area contributed by atoms with E-state index in [9.17, 15) is 9.59 Å². The van der Waals surface area contributed by atoms with Crippen LogP contribution in [-0.4, -0.2) is 63.3 Å². The molecule has 158 valence electrons. The zero-order valence-corrected chi connectivity index (χ0v) is 17.4. The summed E-state index contributed by atoms with van der Waals surface area (Å²) in [4.78, 5) is 38.2. The van der Waals surface area contributed by atoms with Crippen molar-refractivity contribution in [2.24, 2.45) is 11.8 Å². The van der Waals surface area contributed by atoms with Crippen LogP contribution in [0.25, 0.3) is 0 Å². The van der Waals surface area contributed by atoms with Gasteiger partial charge in [0.1, 0.15) is 6.04 Å². The molecule has 3 N–H and O–H groups in total. The van der Waals surface area contributed by atoms with Crippen LogP contribution in [0.4, 0.5) is 0 Å². The van der Waals surface area contributed by atoms with Gasteiger partial charge in [0, 0.05) is 43.7 Å². The second-order valence-electron chi connectivity index (χ2n) is 9.53. The number of imidazole rings is 1. The molecule has 2 unspecified atom stereocenters. The van der Waals surface area contributed by atoms with Crippen LogP contribution in [0, 0.1) is 11.8 Å². The Hall–Kier alpha value is -1.93. The predicted molar refractivity (Wildman–Crippen MR) is 108 cm³/mol. The summed E-state index contributed by atoms with van der Waals surface area (Å²) in [5, 5.41) is 0. The lowest BCUT2D eigenvalue weighted by Gasteiger charge is -2.50. The van der Waals surface area contributed by atoms with Gasteiger partial charge < -0.3 is 14.8 Å². The molecule has 1 aromatic heterocycles. The molecule has 5 rings (SSSR count). The van der Waals surface area contributed by atoms with Crippen molar-refractivity contribution in [3.63, 3.8) is 0 Å². The van der Waals surface area contributed by atoms with Crippen molar-refractivity contribution in [1.82, 2.24) is 30.6 Å². The summed E-state index contributed by atoms with van der Waals surface area (Å²) in [5.41, 5.74) is 8.30. The number of H-pyrrole nitrogens is 1. The average molecular weight is 401 g/mol. The number of aromatic nitrogens is 2. The number of piperidine rings is 1. The molecule has 2 saturated heterocycles. The zero-order chi connectivity index (χ0) is 20.2. The summed E-state index contributed by atoms with van der Waals surface area (Å²) >= 11 is 0. The van der Waals surface area contributed by atoms with Crippen LogP contribution in [0.1, 0.15) is 57.3 Å². The second kappa shape index (κ2) is 7.09. The minimum Gasteiger partial charge on any atom is -0.348 e. The molecule has 3 aliphatic heterocycles. The van der Waals surface area contributed by atoms with E-state index in [0.717, 1.165) is 56.5 Å². The van der Waals surface area contributed by atoms with Crippen molar-refractivity contribution in [3.05, 3.63) is 17.7 Å². The highest BCUT2D eigenvalue weighted by Crippen LogP contribution is 2.45. The summed E-state index contributed by atoms with van der Waals surface area (Å²) in [7, 11) is 0. The Morgan fingerprint density at radius 3 is 2.55 bits per heavy atom. The third kappa shape index (κ3) is 3.17. The van der Waals surface area contributed by atoms with Crippen molar-refractivity contribution in [2.75, 3.05) is 19.6 Å². The first-order chi connectivity index (χ1) is 14.0. The fourth-order valence-electron chi connectivity index (χ4n) is 5.35. The lowest BCUT2D eigenvalue weighted by atomic mass is 9.78. The molecule has 3 fully saturated rings. The number of fused-ring (bicyclic) bond motifs is 2. The highest BCUT2D eigenvalue weighted by molar-refractivity contribution is 5.83. The number of hydrogen-bond acceptors (Lipinski definition) is 5. The van der Waals surface area contributed by atoms with Crippen LogP contribution < -0.4 is 10.9 Å². The van der Waals surface area contributed by atoms with E-state index in [1.807, 2.05) is 4.90 Å². The van der Waals surface area contributed by atoms with E-state index >= 15 is 0 Å². The van der Waals surface area contributed by atoms with Gasteiger partial charge >= 0.3 is 0 Å². The maximum absolute atomic E-state index is 13.1. The average Bonchev–Trinajstić information content (AvgIpc) is 3.25. The Bertz CT molecular complexity index is 793. The number of hydrogen-bond donors (Lipinski definition) is 3. The molecular formula is C21H32N6O2. The monoisotopic (exact) mass is 400 g/mol. The molecule has 1 saturated carbocycles. The Morgan fingerprint density at radius 2 is 1.90 bits per heavy atom. The van der Waals surface area contributed by atoms with Gasteiger partial charge in [-0.3, -0.25) is 15.0 Å². The number of nitrogens with zero attached hydrogens (tertiary/aromatic N) is 3. The molecule has 1 spiro atoms. The highest BCUT2D eigenvalue weighted by atomic mass is 16.2. The Labute approximate surface area is 171 Å². The van der Waals surface area contributed by atoms with Crippen molar-refractivity contribution in [1.29, 1.82) is 0 Å². The van der Waals surface area contributed by atoms with E-state index in [4.69, 9.17) is 0 Å². The number of likely N-dealkylation sites (tertiary alicyclic amines) is 1. The van der Waals surface area contributed by atoms with Gasteiger partial charge in [0.15, 0.2) is 0 Å². The van der Waals surface area contributed by atoms with E-state index in [1.165, 1.54) is 0 Å². The normalized spacial score (nSPS) is 28.8. The fourth-order valence-corrected chi connectivity index (χ4v) is 5.35. The van der Waals surface area contributed by atoms with Crippen molar-refractivity contribution in [2.45, 2.75) is 70.0 Å². The SMILES string of the molecule is CC(C)C1CC(C(=O)N2CCC3(CC2)c2nc[nH]c2CCN3C(=O)C2CC2)NN1. The first kappa shape index (κ1) is 19.1. The van der Waals surface area contributed by atoms with Gasteiger partial charge in [0.25, 0.3) is 0 Å². The molecule has 4 heterocycles.